The molecule has 2 atom stereocenters. The first-order valence-electron chi connectivity index (χ1n) is 5.55. The van der Waals surface area contributed by atoms with Crippen LogP contribution < -0.4 is 5.32 Å². The quantitative estimate of drug-likeness (QED) is 0.646. The fraction of sp³-hybridized carbons (Fsp3) is 1.00. The maximum Gasteiger partial charge on any atom is 0.0692 e. The summed E-state index contributed by atoms with van der Waals surface area (Å²) >= 11 is 0. The van der Waals surface area contributed by atoms with Gasteiger partial charge in [-0.05, 0) is 24.7 Å². The van der Waals surface area contributed by atoms with Crippen molar-refractivity contribution in [3.8, 4) is 0 Å². The van der Waals surface area contributed by atoms with E-state index in [0.717, 1.165) is 6.61 Å². The Bertz CT molecular complexity index is 157. The average Bonchev–Trinajstić information content (AvgIpc) is 2.94. The maximum atomic E-state index is 9.68. The molecule has 3 heteroatoms. The standard InChI is InChI=1S/C11H23NO2/c1-8(2)10(7-14-3)12-6-11(13)9-4-5-9/h8-13H,4-7H2,1-3H3. The minimum Gasteiger partial charge on any atom is -0.392 e. The van der Waals surface area contributed by atoms with Crippen molar-refractivity contribution in [1.29, 1.82) is 0 Å². The highest BCUT2D eigenvalue weighted by molar-refractivity contribution is 4.83. The molecule has 1 fully saturated rings. The molecular weight excluding hydrogens is 178 g/mol. The van der Waals surface area contributed by atoms with Gasteiger partial charge in [0.2, 0.25) is 0 Å². The molecule has 14 heavy (non-hydrogen) atoms. The SMILES string of the molecule is COCC(NCC(O)C1CC1)C(C)C. The summed E-state index contributed by atoms with van der Waals surface area (Å²) in [5.41, 5.74) is 0. The number of aliphatic hydroxyl groups is 1. The lowest BCUT2D eigenvalue weighted by molar-refractivity contribution is 0.114. The third-order valence-electron chi connectivity index (χ3n) is 2.91. The third kappa shape index (κ3) is 3.95. The van der Waals surface area contributed by atoms with Gasteiger partial charge >= 0.3 is 0 Å². The normalized spacial score (nSPS) is 21.2. The minimum atomic E-state index is -0.159. The Kier molecular flexibility index (Phi) is 4.85. The average molecular weight is 201 g/mol. The Morgan fingerprint density at radius 1 is 1.43 bits per heavy atom. The molecule has 1 rings (SSSR count). The van der Waals surface area contributed by atoms with Gasteiger partial charge in [0.25, 0.3) is 0 Å². The molecule has 0 radical (unpaired) electrons. The highest BCUT2D eigenvalue weighted by Crippen LogP contribution is 2.32. The van der Waals surface area contributed by atoms with E-state index in [2.05, 4.69) is 19.2 Å². The van der Waals surface area contributed by atoms with Crippen LogP contribution in [0.25, 0.3) is 0 Å². The summed E-state index contributed by atoms with van der Waals surface area (Å²) in [4.78, 5) is 0. The Morgan fingerprint density at radius 3 is 2.50 bits per heavy atom. The minimum absolute atomic E-state index is 0.159. The zero-order valence-corrected chi connectivity index (χ0v) is 9.49. The fourth-order valence-corrected chi connectivity index (χ4v) is 1.59. The predicted octanol–water partition coefficient (Wildman–Crippen LogP) is 1.02. The summed E-state index contributed by atoms with van der Waals surface area (Å²) in [7, 11) is 1.72. The second-order valence-electron chi connectivity index (χ2n) is 4.62. The van der Waals surface area contributed by atoms with E-state index in [1.165, 1.54) is 12.8 Å². The molecule has 2 N–H and O–H groups in total. The molecule has 1 aliphatic rings. The third-order valence-corrected chi connectivity index (χ3v) is 2.91. The van der Waals surface area contributed by atoms with Crippen molar-refractivity contribution in [3.63, 3.8) is 0 Å². The van der Waals surface area contributed by atoms with E-state index < -0.39 is 0 Å². The lowest BCUT2D eigenvalue weighted by Crippen LogP contribution is -2.42. The van der Waals surface area contributed by atoms with Crippen molar-refractivity contribution >= 4 is 0 Å². The lowest BCUT2D eigenvalue weighted by Gasteiger charge is -2.23. The van der Waals surface area contributed by atoms with E-state index in [1.54, 1.807) is 7.11 Å². The van der Waals surface area contributed by atoms with E-state index in [-0.39, 0.29) is 6.10 Å². The fourth-order valence-electron chi connectivity index (χ4n) is 1.59. The first-order valence-corrected chi connectivity index (χ1v) is 5.55. The summed E-state index contributed by atoms with van der Waals surface area (Å²) in [6, 6.07) is 0.355. The van der Waals surface area contributed by atoms with Crippen molar-refractivity contribution in [2.75, 3.05) is 20.3 Å². The molecule has 0 bridgehead atoms. The molecule has 0 aromatic heterocycles. The van der Waals surface area contributed by atoms with Crippen LogP contribution in [0.1, 0.15) is 26.7 Å². The Hall–Kier alpha value is -0.120. The maximum absolute atomic E-state index is 9.68. The molecule has 3 nitrogen and oxygen atoms in total. The van der Waals surface area contributed by atoms with Crippen LogP contribution in [0.4, 0.5) is 0 Å². The van der Waals surface area contributed by atoms with Gasteiger partial charge in [-0.15, -0.1) is 0 Å². The molecule has 1 aliphatic carbocycles. The van der Waals surface area contributed by atoms with Gasteiger partial charge in [-0.1, -0.05) is 13.8 Å². The first kappa shape index (κ1) is 12.0. The van der Waals surface area contributed by atoms with Gasteiger partial charge in [-0.25, -0.2) is 0 Å². The number of nitrogens with one attached hydrogen (secondary N) is 1. The molecule has 1 saturated carbocycles. The van der Waals surface area contributed by atoms with Gasteiger partial charge in [-0.3, -0.25) is 0 Å². The van der Waals surface area contributed by atoms with Crippen molar-refractivity contribution in [2.24, 2.45) is 11.8 Å². The van der Waals surface area contributed by atoms with Crippen molar-refractivity contribution < 1.29 is 9.84 Å². The Balaban J connectivity index is 2.17. The summed E-state index contributed by atoms with van der Waals surface area (Å²) in [6.45, 7) is 5.76. The number of hydrogen-bond donors (Lipinski definition) is 2. The molecule has 0 saturated heterocycles. The topological polar surface area (TPSA) is 41.5 Å². The van der Waals surface area contributed by atoms with E-state index >= 15 is 0 Å². The van der Waals surface area contributed by atoms with Crippen LogP contribution in [-0.2, 0) is 4.74 Å². The van der Waals surface area contributed by atoms with Crippen molar-refractivity contribution in [1.82, 2.24) is 5.32 Å². The number of rotatable bonds is 7. The molecule has 0 aromatic rings. The second-order valence-corrected chi connectivity index (χ2v) is 4.62. The Morgan fingerprint density at radius 2 is 2.07 bits per heavy atom. The number of methoxy groups -OCH3 is 1. The van der Waals surface area contributed by atoms with Gasteiger partial charge in [0.05, 0.1) is 12.7 Å². The zero-order valence-electron chi connectivity index (χ0n) is 9.49. The number of ether oxygens (including phenoxy) is 1. The summed E-state index contributed by atoms with van der Waals surface area (Å²) in [5.74, 6) is 1.10. The highest BCUT2D eigenvalue weighted by atomic mass is 16.5. The smallest absolute Gasteiger partial charge is 0.0692 e. The van der Waals surface area contributed by atoms with E-state index in [0.29, 0.717) is 24.4 Å². The molecule has 84 valence electrons. The Labute approximate surface area is 86.8 Å². The van der Waals surface area contributed by atoms with Gasteiger partial charge in [0.15, 0.2) is 0 Å². The van der Waals surface area contributed by atoms with Gasteiger partial charge in [0, 0.05) is 19.7 Å². The van der Waals surface area contributed by atoms with Crippen LogP contribution in [0, 0.1) is 11.8 Å². The van der Waals surface area contributed by atoms with E-state index in [1.807, 2.05) is 0 Å². The molecule has 0 aromatic carbocycles. The number of hydrogen-bond acceptors (Lipinski definition) is 3. The monoisotopic (exact) mass is 201 g/mol. The van der Waals surface area contributed by atoms with E-state index in [4.69, 9.17) is 4.74 Å². The summed E-state index contributed by atoms with van der Waals surface area (Å²) in [6.07, 6.45) is 2.23. The molecule has 0 heterocycles. The van der Waals surface area contributed by atoms with Gasteiger partial charge < -0.3 is 15.2 Å². The van der Waals surface area contributed by atoms with Crippen molar-refractivity contribution in [3.05, 3.63) is 0 Å². The largest absolute Gasteiger partial charge is 0.392 e. The predicted molar refractivity (Wildman–Crippen MR) is 57.2 cm³/mol. The van der Waals surface area contributed by atoms with Crippen LogP contribution in [0.3, 0.4) is 0 Å². The molecule has 2 unspecified atom stereocenters. The molecule has 0 spiro atoms. The van der Waals surface area contributed by atoms with Gasteiger partial charge in [-0.2, -0.15) is 0 Å². The molecule has 0 amide bonds. The van der Waals surface area contributed by atoms with Crippen LogP contribution >= 0.6 is 0 Å². The second kappa shape index (κ2) is 5.69. The first-order chi connectivity index (χ1) is 6.65. The van der Waals surface area contributed by atoms with Crippen LogP contribution in [0.5, 0.6) is 0 Å². The number of aliphatic hydroxyl groups excluding tert-OH is 1. The van der Waals surface area contributed by atoms with Crippen LogP contribution in [-0.4, -0.2) is 37.5 Å². The van der Waals surface area contributed by atoms with Crippen LogP contribution in [0.15, 0.2) is 0 Å². The molecule has 0 aliphatic heterocycles. The molecular formula is C11H23NO2. The van der Waals surface area contributed by atoms with E-state index in [9.17, 15) is 5.11 Å². The summed E-state index contributed by atoms with van der Waals surface area (Å²) in [5, 5.41) is 13.1. The highest BCUT2D eigenvalue weighted by Gasteiger charge is 2.29. The van der Waals surface area contributed by atoms with Gasteiger partial charge in [0.1, 0.15) is 0 Å². The summed E-state index contributed by atoms with van der Waals surface area (Å²) < 4.78 is 5.13. The van der Waals surface area contributed by atoms with Crippen LogP contribution in [0.2, 0.25) is 0 Å². The zero-order chi connectivity index (χ0) is 10.6. The lowest BCUT2D eigenvalue weighted by atomic mass is 10.0. The van der Waals surface area contributed by atoms with Crippen molar-refractivity contribution in [2.45, 2.75) is 38.8 Å².